The Hall–Kier alpha value is -2.68. The first-order valence-electron chi connectivity index (χ1n) is 10.2. The second kappa shape index (κ2) is 7.54. The summed E-state index contributed by atoms with van der Waals surface area (Å²) in [6.07, 6.45) is 0.922. The number of halogens is 2. The van der Waals surface area contributed by atoms with Crippen LogP contribution in [0.25, 0.3) is 21.5 Å². The second-order valence-electron chi connectivity index (χ2n) is 7.68. The summed E-state index contributed by atoms with van der Waals surface area (Å²) in [5.74, 6) is 0. The van der Waals surface area contributed by atoms with Crippen molar-refractivity contribution < 1.29 is 0 Å². The molecule has 0 N–H and O–H groups in total. The van der Waals surface area contributed by atoms with E-state index in [0.717, 1.165) is 17.8 Å². The average molecular weight is 433 g/mol. The number of hydrogen-bond donors (Lipinski definition) is 0. The molecule has 0 aliphatic carbocycles. The number of hydrogen-bond acceptors (Lipinski definition) is 2. The fourth-order valence-electron chi connectivity index (χ4n) is 4.45. The molecule has 5 rings (SSSR count). The Morgan fingerprint density at radius 1 is 0.700 bits per heavy atom. The topological polar surface area (TPSA) is 6.48 Å². The van der Waals surface area contributed by atoms with Crippen molar-refractivity contribution in [1.82, 2.24) is 0 Å². The van der Waals surface area contributed by atoms with E-state index >= 15 is 0 Å². The molecule has 0 bridgehead atoms. The second-order valence-corrected chi connectivity index (χ2v) is 8.40. The molecule has 0 amide bonds. The normalized spacial score (nSPS) is 14.4. The molecule has 1 aliphatic rings. The van der Waals surface area contributed by atoms with E-state index in [1.807, 2.05) is 0 Å². The van der Waals surface area contributed by atoms with Gasteiger partial charge in [-0.05, 0) is 35.2 Å². The molecule has 1 aliphatic heterocycles. The van der Waals surface area contributed by atoms with Crippen molar-refractivity contribution in [2.24, 2.45) is 0 Å². The van der Waals surface area contributed by atoms with Crippen molar-refractivity contribution >= 4 is 56.1 Å². The first-order chi connectivity index (χ1) is 14.6. The van der Waals surface area contributed by atoms with Crippen molar-refractivity contribution in [2.75, 3.05) is 16.5 Å². The molecular formula is C26H22Cl2N2. The predicted octanol–water partition coefficient (Wildman–Crippen LogP) is 7.75. The molecule has 0 saturated carbocycles. The van der Waals surface area contributed by atoms with E-state index in [4.69, 9.17) is 23.2 Å². The van der Waals surface area contributed by atoms with Crippen LogP contribution >= 0.6 is 23.2 Å². The maximum atomic E-state index is 6.87. The zero-order valence-electron chi connectivity index (χ0n) is 17.0. The third-order valence-electron chi connectivity index (χ3n) is 5.93. The summed E-state index contributed by atoms with van der Waals surface area (Å²) in [6, 6.07) is 25.5. The maximum Gasteiger partial charge on any atom is 0.146 e. The van der Waals surface area contributed by atoms with E-state index < -0.39 is 0 Å². The smallest absolute Gasteiger partial charge is 0.146 e. The van der Waals surface area contributed by atoms with Gasteiger partial charge in [-0.25, -0.2) is 0 Å². The summed E-state index contributed by atoms with van der Waals surface area (Å²) in [6.45, 7) is 4.88. The highest BCUT2D eigenvalue weighted by molar-refractivity contribution is 6.42. The highest BCUT2D eigenvalue weighted by atomic mass is 35.5. The van der Waals surface area contributed by atoms with Crippen LogP contribution in [0.4, 0.5) is 11.4 Å². The van der Waals surface area contributed by atoms with E-state index in [1.54, 1.807) is 0 Å². The van der Waals surface area contributed by atoms with E-state index in [0.29, 0.717) is 17.0 Å². The number of aryl methyl sites for hydroxylation is 2. The summed E-state index contributed by atoms with van der Waals surface area (Å²) in [5.41, 5.74) is 4.68. The molecule has 0 fully saturated rings. The quantitative estimate of drug-likeness (QED) is 0.305. The first-order valence-corrected chi connectivity index (χ1v) is 10.9. The van der Waals surface area contributed by atoms with Crippen LogP contribution in [0, 0.1) is 6.92 Å². The molecule has 0 saturated heterocycles. The highest BCUT2D eigenvalue weighted by Gasteiger charge is 2.32. The SMILES string of the molecule is CCc1ccc2ccccc2c1N1CN(c2c(C)ccc3ccccc23)C(Cl)=C1Cl. The van der Waals surface area contributed by atoms with E-state index in [1.165, 1.54) is 32.7 Å². The van der Waals surface area contributed by atoms with Crippen LogP contribution in [0.1, 0.15) is 18.1 Å². The van der Waals surface area contributed by atoms with E-state index in [-0.39, 0.29) is 0 Å². The van der Waals surface area contributed by atoms with Crippen LogP contribution in [0.3, 0.4) is 0 Å². The lowest BCUT2D eigenvalue weighted by Crippen LogP contribution is -2.28. The number of rotatable bonds is 3. The van der Waals surface area contributed by atoms with Gasteiger partial charge in [0.2, 0.25) is 0 Å². The van der Waals surface area contributed by atoms with Gasteiger partial charge in [0.15, 0.2) is 0 Å². The lowest BCUT2D eigenvalue weighted by molar-refractivity contribution is 0.955. The highest BCUT2D eigenvalue weighted by Crippen LogP contribution is 2.44. The first kappa shape index (κ1) is 19.3. The Morgan fingerprint density at radius 3 is 1.87 bits per heavy atom. The fraction of sp³-hybridized carbons (Fsp3) is 0.154. The van der Waals surface area contributed by atoms with Crippen molar-refractivity contribution in [1.29, 1.82) is 0 Å². The van der Waals surface area contributed by atoms with Crippen LogP contribution in [-0.4, -0.2) is 6.67 Å². The summed E-state index contributed by atoms with van der Waals surface area (Å²) < 4.78 is 0. The molecule has 0 unspecified atom stereocenters. The van der Waals surface area contributed by atoms with Gasteiger partial charge in [0.25, 0.3) is 0 Å². The Labute approximate surface area is 186 Å². The van der Waals surface area contributed by atoms with Gasteiger partial charge >= 0.3 is 0 Å². The third-order valence-corrected chi connectivity index (χ3v) is 6.80. The third kappa shape index (κ3) is 2.94. The number of anilines is 2. The summed E-state index contributed by atoms with van der Waals surface area (Å²) in [7, 11) is 0. The standard InChI is InChI=1S/C26H22Cl2N2/c1-3-18-14-15-20-9-5-7-11-22(20)24(18)30-16-29(25(27)26(30)28)23-17(2)12-13-19-8-4-6-10-21(19)23/h4-15H,3,16H2,1-2H3. The van der Waals surface area contributed by atoms with Gasteiger partial charge in [-0.15, -0.1) is 0 Å². The van der Waals surface area contributed by atoms with Crippen LogP contribution in [0.5, 0.6) is 0 Å². The summed E-state index contributed by atoms with van der Waals surface area (Å²) in [4.78, 5) is 4.27. The minimum absolute atomic E-state index is 0.561. The Balaban J connectivity index is 1.69. The molecule has 4 aromatic rings. The molecular weight excluding hydrogens is 411 g/mol. The van der Waals surface area contributed by atoms with Gasteiger partial charge in [0.05, 0.1) is 11.4 Å². The van der Waals surface area contributed by atoms with Gasteiger partial charge in [0, 0.05) is 10.8 Å². The Morgan fingerprint density at radius 2 is 1.23 bits per heavy atom. The largest absolute Gasteiger partial charge is 0.310 e. The summed E-state index contributed by atoms with van der Waals surface area (Å²) in [5, 5.41) is 5.88. The van der Waals surface area contributed by atoms with Gasteiger partial charge < -0.3 is 9.80 Å². The lowest BCUT2D eigenvalue weighted by Gasteiger charge is -2.27. The monoisotopic (exact) mass is 432 g/mol. The fourth-order valence-corrected chi connectivity index (χ4v) is 4.93. The molecule has 0 aromatic heterocycles. The average Bonchev–Trinajstić information content (AvgIpc) is 3.07. The van der Waals surface area contributed by atoms with E-state index in [9.17, 15) is 0 Å². The van der Waals surface area contributed by atoms with Gasteiger partial charge in [-0.2, -0.15) is 0 Å². The minimum Gasteiger partial charge on any atom is -0.310 e. The zero-order chi connectivity index (χ0) is 20.8. The van der Waals surface area contributed by atoms with E-state index in [2.05, 4.69) is 96.4 Å². The number of fused-ring (bicyclic) bond motifs is 2. The van der Waals surface area contributed by atoms with Crippen LogP contribution in [-0.2, 0) is 6.42 Å². The van der Waals surface area contributed by atoms with Gasteiger partial charge in [0.1, 0.15) is 17.0 Å². The summed E-state index contributed by atoms with van der Waals surface area (Å²) >= 11 is 13.7. The Bertz CT molecular complexity index is 1310. The van der Waals surface area contributed by atoms with Crippen LogP contribution < -0.4 is 9.80 Å². The van der Waals surface area contributed by atoms with Crippen LogP contribution in [0.2, 0.25) is 0 Å². The van der Waals surface area contributed by atoms with Crippen molar-refractivity contribution in [3.63, 3.8) is 0 Å². The molecule has 0 atom stereocenters. The van der Waals surface area contributed by atoms with Gasteiger partial charge in [-0.1, -0.05) is 103 Å². The minimum atomic E-state index is 0.561. The molecule has 0 spiro atoms. The zero-order valence-corrected chi connectivity index (χ0v) is 18.5. The number of benzene rings is 4. The van der Waals surface area contributed by atoms with Crippen molar-refractivity contribution in [2.45, 2.75) is 20.3 Å². The van der Waals surface area contributed by atoms with Gasteiger partial charge in [-0.3, -0.25) is 0 Å². The molecule has 30 heavy (non-hydrogen) atoms. The molecule has 150 valence electrons. The lowest BCUT2D eigenvalue weighted by atomic mass is 10.0. The molecule has 0 radical (unpaired) electrons. The van der Waals surface area contributed by atoms with Crippen LogP contribution in [0.15, 0.2) is 83.1 Å². The molecule has 2 nitrogen and oxygen atoms in total. The van der Waals surface area contributed by atoms with Crippen molar-refractivity contribution in [3.05, 3.63) is 94.2 Å². The molecule has 4 aromatic carbocycles. The predicted molar refractivity (Wildman–Crippen MR) is 131 cm³/mol. The Kier molecular flexibility index (Phi) is 4.85. The number of nitrogens with zero attached hydrogens (tertiary/aromatic N) is 2. The molecule has 4 heteroatoms. The maximum absolute atomic E-state index is 6.87. The molecule has 1 heterocycles. The van der Waals surface area contributed by atoms with Crippen molar-refractivity contribution in [3.8, 4) is 0 Å².